The maximum atomic E-state index is 8.91. The van der Waals surface area contributed by atoms with Crippen molar-refractivity contribution in [1.29, 1.82) is 0 Å². The molecule has 0 radical (unpaired) electrons. The number of aliphatic hydroxyl groups is 1. The fourth-order valence-corrected chi connectivity index (χ4v) is 1.62. The first-order valence-corrected chi connectivity index (χ1v) is 5.20. The first-order valence-electron chi connectivity index (χ1n) is 5.20. The predicted molar refractivity (Wildman–Crippen MR) is 60.0 cm³/mol. The molecule has 0 fully saturated rings. The fraction of sp³-hybridized carbons (Fsp3) is 0.0769. The molecule has 0 saturated heterocycles. The third-order valence-electron chi connectivity index (χ3n) is 2.43. The van der Waals surface area contributed by atoms with Crippen molar-refractivity contribution < 1.29 is 18.4 Å². The highest BCUT2D eigenvalue weighted by Gasteiger charge is 2.11. The number of hydrogen-bond acceptors (Lipinski definition) is 4. The van der Waals surface area contributed by atoms with Gasteiger partial charge in [0.05, 0.1) is 6.26 Å². The highest BCUT2D eigenvalue weighted by molar-refractivity contribution is 5.58. The molecular formula is C13H10O4. The zero-order chi connectivity index (χ0) is 11.7. The quantitative estimate of drug-likeness (QED) is 0.750. The van der Waals surface area contributed by atoms with Gasteiger partial charge in [0, 0.05) is 0 Å². The minimum Gasteiger partial charge on any atom is -0.461 e. The third-order valence-corrected chi connectivity index (χ3v) is 2.43. The smallest absolute Gasteiger partial charge is 0.170 e. The summed E-state index contributed by atoms with van der Waals surface area (Å²) in [5.41, 5.74) is 0. The van der Waals surface area contributed by atoms with E-state index in [0.29, 0.717) is 28.8 Å². The molecule has 0 aromatic carbocycles. The van der Waals surface area contributed by atoms with Crippen LogP contribution in [-0.2, 0) is 6.61 Å². The monoisotopic (exact) mass is 230 g/mol. The summed E-state index contributed by atoms with van der Waals surface area (Å²) in [5, 5.41) is 8.91. The van der Waals surface area contributed by atoms with Gasteiger partial charge < -0.3 is 18.4 Å². The number of furan rings is 3. The molecule has 4 heteroatoms. The highest BCUT2D eigenvalue weighted by Crippen LogP contribution is 2.29. The predicted octanol–water partition coefficient (Wildman–Crippen LogP) is 3.29. The van der Waals surface area contributed by atoms with Gasteiger partial charge in [-0.05, 0) is 36.4 Å². The zero-order valence-corrected chi connectivity index (χ0v) is 8.92. The van der Waals surface area contributed by atoms with Crippen LogP contribution in [0.15, 0.2) is 55.9 Å². The van der Waals surface area contributed by atoms with Crippen molar-refractivity contribution in [2.24, 2.45) is 0 Å². The Morgan fingerprint density at radius 1 is 0.824 bits per heavy atom. The summed E-state index contributed by atoms with van der Waals surface area (Å²) in [7, 11) is 0. The molecule has 3 aromatic heterocycles. The molecule has 0 aliphatic carbocycles. The largest absolute Gasteiger partial charge is 0.461 e. The lowest BCUT2D eigenvalue weighted by Gasteiger charge is -1.92. The van der Waals surface area contributed by atoms with E-state index < -0.39 is 0 Å². The first kappa shape index (κ1) is 9.99. The van der Waals surface area contributed by atoms with Gasteiger partial charge in [-0.1, -0.05) is 0 Å². The molecule has 0 amide bonds. The van der Waals surface area contributed by atoms with Crippen LogP contribution in [0.4, 0.5) is 0 Å². The van der Waals surface area contributed by atoms with Crippen molar-refractivity contribution in [3.8, 4) is 23.0 Å². The van der Waals surface area contributed by atoms with Gasteiger partial charge in [0.25, 0.3) is 0 Å². The van der Waals surface area contributed by atoms with Crippen molar-refractivity contribution in [3.63, 3.8) is 0 Å². The van der Waals surface area contributed by atoms with E-state index in [9.17, 15) is 0 Å². The number of hydrogen-bond donors (Lipinski definition) is 1. The van der Waals surface area contributed by atoms with Crippen molar-refractivity contribution in [3.05, 3.63) is 48.4 Å². The summed E-state index contributed by atoms with van der Waals surface area (Å²) in [5.74, 6) is 3.02. The minimum absolute atomic E-state index is 0.119. The van der Waals surface area contributed by atoms with E-state index in [1.165, 1.54) is 0 Å². The Bertz CT molecular complexity index is 601. The lowest BCUT2D eigenvalue weighted by atomic mass is 10.3. The fourth-order valence-electron chi connectivity index (χ4n) is 1.62. The summed E-state index contributed by atoms with van der Waals surface area (Å²) in [6, 6.07) is 10.7. The highest BCUT2D eigenvalue weighted by atomic mass is 16.4. The molecule has 4 nitrogen and oxygen atoms in total. The molecule has 3 heterocycles. The second-order valence-corrected chi connectivity index (χ2v) is 3.57. The van der Waals surface area contributed by atoms with E-state index in [-0.39, 0.29) is 6.61 Å². The van der Waals surface area contributed by atoms with Crippen molar-refractivity contribution in [1.82, 2.24) is 0 Å². The lowest BCUT2D eigenvalue weighted by molar-refractivity contribution is 0.248. The van der Waals surface area contributed by atoms with Crippen LogP contribution in [0.5, 0.6) is 0 Å². The molecule has 0 aliphatic heterocycles. The average Bonchev–Trinajstić information content (AvgIpc) is 3.09. The van der Waals surface area contributed by atoms with Crippen LogP contribution in [0, 0.1) is 0 Å². The maximum absolute atomic E-state index is 8.91. The van der Waals surface area contributed by atoms with Gasteiger partial charge in [0.15, 0.2) is 23.0 Å². The van der Waals surface area contributed by atoms with Crippen LogP contribution in [0.25, 0.3) is 23.0 Å². The van der Waals surface area contributed by atoms with Gasteiger partial charge in [-0.3, -0.25) is 0 Å². The number of rotatable bonds is 3. The normalized spacial score (nSPS) is 10.9. The second-order valence-electron chi connectivity index (χ2n) is 3.57. The van der Waals surface area contributed by atoms with E-state index in [2.05, 4.69) is 0 Å². The SMILES string of the molecule is OCc1ccc(-c2ccc(-c3ccco3)o2)o1. The van der Waals surface area contributed by atoms with Crippen LogP contribution < -0.4 is 0 Å². The van der Waals surface area contributed by atoms with Crippen LogP contribution in [0.1, 0.15) is 5.76 Å². The van der Waals surface area contributed by atoms with Crippen LogP contribution in [0.3, 0.4) is 0 Å². The minimum atomic E-state index is -0.119. The summed E-state index contributed by atoms with van der Waals surface area (Å²) >= 11 is 0. The number of aliphatic hydroxyl groups excluding tert-OH is 1. The van der Waals surface area contributed by atoms with Gasteiger partial charge in [-0.25, -0.2) is 0 Å². The van der Waals surface area contributed by atoms with Gasteiger partial charge in [0.1, 0.15) is 12.4 Å². The molecule has 3 aromatic rings. The molecule has 0 spiro atoms. The Morgan fingerprint density at radius 2 is 1.53 bits per heavy atom. The van der Waals surface area contributed by atoms with Crippen LogP contribution >= 0.6 is 0 Å². The molecule has 0 saturated carbocycles. The molecule has 0 bridgehead atoms. The standard InChI is InChI=1S/C13H10O4/c14-8-9-3-4-12(16-9)13-6-5-11(17-13)10-2-1-7-15-10/h1-7,14H,8H2. The summed E-state index contributed by atoms with van der Waals surface area (Å²) < 4.78 is 16.2. The van der Waals surface area contributed by atoms with Crippen molar-refractivity contribution in [2.45, 2.75) is 6.61 Å². The molecule has 0 aliphatic rings. The molecule has 0 unspecified atom stereocenters. The summed E-state index contributed by atoms with van der Waals surface area (Å²) in [6.45, 7) is -0.119. The molecule has 0 atom stereocenters. The average molecular weight is 230 g/mol. The van der Waals surface area contributed by atoms with Crippen molar-refractivity contribution >= 4 is 0 Å². The molecule has 3 rings (SSSR count). The second kappa shape index (κ2) is 3.99. The molecule has 86 valence electrons. The Labute approximate surface area is 97.1 Å². The molecule has 1 N–H and O–H groups in total. The summed E-state index contributed by atoms with van der Waals surface area (Å²) in [6.07, 6.45) is 1.59. The van der Waals surface area contributed by atoms with E-state index in [0.717, 1.165) is 0 Å². The Hall–Kier alpha value is -2.20. The van der Waals surface area contributed by atoms with E-state index >= 15 is 0 Å². The van der Waals surface area contributed by atoms with E-state index in [1.54, 1.807) is 30.5 Å². The van der Waals surface area contributed by atoms with Gasteiger partial charge >= 0.3 is 0 Å². The topological polar surface area (TPSA) is 59.7 Å². The van der Waals surface area contributed by atoms with E-state index in [4.69, 9.17) is 18.4 Å². The summed E-state index contributed by atoms with van der Waals surface area (Å²) in [4.78, 5) is 0. The van der Waals surface area contributed by atoms with Crippen LogP contribution in [-0.4, -0.2) is 5.11 Å². The lowest BCUT2D eigenvalue weighted by Crippen LogP contribution is -1.73. The van der Waals surface area contributed by atoms with Crippen LogP contribution in [0.2, 0.25) is 0 Å². The Morgan fingerprint density at radius 3 is 2.18 bits per heavy atom. The van der Waals surface area contributed by atoms with E-state index in [1.807, 2.05) is 12.1 Å². The van der Waals surface area contributed by atoms with Gasteiger partial charge in [0.2, 0.25) is 0 Å². The first-order chi connectivity index (χ1) is 8.36. The zero-order valence-electron chi connectivity index (χ0n) is 8.92. The van der Waals surface area contributed by atoms with Gasteiger partial charge in [-0.15, -0.1) is 0 Å². The van der Waals surface area contributed by atoms with Gasteiger partial charge in [-0.2, -0.15) is 0 Å². The molecule has 17 heavy (non-hydrogen) atoms. The maximum Gasteiger partial charge on any atom is 0.170 e. The molecular weight excluding hydrogens is 220 g/mol. The Balaban J connectivity index is 1.94. The third kappa shape index (κ3) is 1.79. The Kier molecular flexibility index (Phi) is 2.34. The van der Waals surface area contributed by atoms with Crippen molar-refractivity contribution in [2.75, 3.05) is 0 Å².